The van der Waals surface area contributed by atoms with Crippen molar-refractivity contribution in [3.8, 4) is 0 Å². The standard InChI is InChI=1S/C27H32F4N6O4S/c1-16-13-19(21(28)15-23(16)36-42(3,39)40)17(2)33-25(38)18-5-6-22-20(14-18)24(35-26(34-22)27(29,30)31)32-7-4-8-37-9-11-41-12-10-37/h5-6,13-15,17,36H,4,7-12H2,1-3H3,(H,33,38)(H,32,34,35)/t17-/m1/s1. The fourth-order valence-corrected chi connectivity index (χ4v) is 5.19. The summed E-state index contributed by atoms with van der Waals surface area (Å²) >= 11 is 0. The molecule has 2 aromatic carbocycles. The van der Waals surface area contributed by atoms with Crippen LogP contribution in [0.4, 0.5) is 29.1 Å². The zero-order valence-electron chi connectivity index (χ0n) is 23.3. The number of alkyl halides is 3. The van der Waals surface area contributed by atoms with Crippen LogP contribution in [-0.2, 0) is 20.9 Å². The number of carbonyl (C=O) groups excluding carboxylic acids is 1. The number of rotatable bonds is 10. The maximum Gasteiger partial charge on any atom is 0.451 e. The van der Waals surface area contributed by atoms with Crippen molar-refractivity contribution >= 4 is 38.3 Å². The zero-order chi connectivity index (χ0) is 30.7. The molecule has 10 nitrogen and oxygen atoms in total. The van der Waals surface area contributed by atoms with E-state index in [0.29, 0.717) is 31.7 Å². The number of hydrogen-bond acceptors (Lipinski definition) is 8. The third kappa shape index (κ3) is 8.04. The van der Waals surface area contributed by atoms with Gasteiger partial charge in [0.2, 0.25) is 15.8 Å². The highest BCUT2D eigenvalue weighted by atomic mass is 32.2. The van der Waals surface area contributed by atoms with Crippen LogP contribution in [0, 0.1) is 12.7 Å². The third-order valence-corrected chi connectivity index (χ3v) is 7.30. The quantitative estimate of drug-likeness (QED) is 0.231. The van der Waals surface area contributed by atoms with Crippen molar-refractivity contribution in [2.75, 3.05) is 55.7 Å². The fourth-order valence-electron chi connectivity index (χ4n) is 4.57. The minimum atomic E-state index is -4.77. The van der Waals surface area contributed by atoms with Gasteiger partial charge in [-0.1, -0.05) is 0 Å². The summed E-state index contributed by atoms with van der Waals surface area (Å²) in [5.74, 6) is -2.67. The molecule has 0 radical (unpaired) electrons. The van der Waals surface area contributed by atoms with Gasteiger partial charge in [-0.25, -0.2) is 22.8 Å². The summed E-state index contributed by atoms with van der Waals surface area (Å²) in [5, 5.41) is 5.88. The van der Waals surface area contributed by atoms with Crippen LogP contribution in [0.25, 0.3) is 10.9 Å². The molecule has 0 saturated carbocycles. The Morgan fingerprint density at radius 3 is 2.52 bits per heavy atom. The number of aromatic nitrogens is 2. The first-order chi connectivity index (χ1) is 19.7. The molecular formula is C27H32F4N6O4S. The van der Waals surface area contributed by atoms with Gasteiger partial charge in [0.1, 0.15) is 11.6 Å². The summed E-state index contributed by atoms with van der Waals surface area (Å²) in [4.78, 5) is 22.7. The fraction of sp³-hybridized carbons (Fsp3) is 0.444. The van der Waals surface area contributed by atoms with Gasteiger partial charge in [0.05, 0.1) is 36.7 Å². The molecule has 228 valence electrons. The lowest BCUT2D eigenvalue weighted by Gasteiger charge is -2.26. The van der Waals surface area contributed by atoms with Gasteiger partial charge in [0, 0.05) is 36.1 Å². The molecular weight excluding hydrogens is 580 g/mol. The van der Waals surface area contributed by atoms with Crippen molar-refractivity contribution < 1.29 is 35.5 Å². The number of halogens is 4. The van der Waals surface area contributed by atoms with Crippen LogP contribution in [0.3, 0.4) is 0 Å². The molecule has 1 atom stereocenters. The van der Waals surface area contributed by atoms with Crippen molar-refractivity contribution in [1.82, 2.24) is 20.2 Å². The molecule has 1 aliphatic rings. The van der Waals surface area contributed by atoms with E-state index in [2.05, 4.69) is 30.2 Å². The van der Waals surface area contributed by atoms with E-state index in [9.17, 15) is 30.8 Å². The molecule has 1 amide bonds. The van der Waals surface area contributed by atoms with Crippen molar-refractivity contribution in [2.24, 2.45) is 0 Å². The SMILES string of the molecule is Cc1cc([C@@H](C)NC(=O)c2ccc3nc(C(F)(F)F)nc(NCCCN4CCOCC4)c3c2)c(F)cc1NS(C)(=O)=O. The molecule has 0 unspecified atom stereocenters. The molecule has 0 bridgehead atoms. The van der Waals surface area contributed by atoms with Gasteiger partial charge in [-0.15, -0.1) is 0 Å². The highest BCUT2D eigenvalue weighted by Crippen LogP contribution is 2.31. The number of carbonyl (C=O) groups is 1. The van der Waals surface area contributed by atoms with Crippen LogP contribution in [0.15, 0.2) is 30.3 Å². The molecule has 4 rings (SSSR count). The molecule has 1 aromatic heterocycles. The molecule has 3 aromatic rings. The lowest BCUT2D eigenvalue weighted by atomic mass is 10.0. The Balaban J connectivity index is 1.54. The number of aryl methyl sites for hydroxylation is 1. The topological polar surface area (TPSA) is 126 Å². The Hall–Kier alpha value is -3.56. The summed E-state index contributed by atoms with van der Waals surface area (Å²) in [7, 11) is -3.62. The van der Waals surface area contributed by atoms with Crippen LogP contribution >= 0.6 is 0 Å². The smallest absolute Gasteiger partial charge is 0.379 e. The maximum atomic E-state index is 14.9. The molecule has 1 saturated heterocycles. The van der Waals surface area contributed by atoms with Gasteiger partial charge in [-0.05, 0) is 62.7 Å². The Labute approximate surface area is 240 Å². The van der Waals surface area contributed by atoms with Gasteiger partial charge in [0.15, 0.2) is 0 Å². The lowest BCUT2D eigenvalue weighted by molar-refractivity contribution is -0.144. The van der Waals surface area contributed by atoms with E-state index in [1.54, 1.807) is 13.8 Å². The van der Waals surface area contributed by atoms with Crippen LogP contribution in [0.5, 0.6) is 0 Å². The van der Waals surface area contributed by atoms with E-state index < -0.39 is 39.8 Å². The van der Waals surface area contributed by atoms with Crippen LogP contribution in [0.2, 0.25) is 0 Å². The summed E-state index contributed by atoms with van der Waals surface area (Å²) in [6, 6.07) is 5.68. The number of morpholine rings is 1. The van der Waals surface area contributed by atoms with Gasteiger partial charge in [0.25, 0.3) is 5.91 Å². The first-order valence-corrected chi connectivity index (χ1v) is 15.1. The molecule has 15 heteroatoms. The van der Waals surface area contributed by atoms with E-state index in [4.69, 9.17) is 4.74 Å². The summed E-state index contributed by atoms with van der Waals surface area (Å²) in [5.41, 5.74) is 0.775. The average molecular weight is 613 g/mol. The second-order valence-corrected chi connectivity index (χ2v) is 11.9. The summed E-state index contributed by atoms with van der Waals surface area (Å²) in [6.45, 7) is 7.09. The van der Waals surface area contributed by atoms with E-state index in [0.717, 1.165) is 32.0 Å². The Morgan fingerprint density at radius 2 is 1.86 bits per heavy atom. The molecule has 1 aliphatic heterocycles. The summed E-state index contributed by atoms with van der Waals surface area (Å²) < 4.78 is 86.0. The first kappa shape index (κ1) is 31.4. The maximum absolute atomic E-state index is 14.9. The minimum Gasteiger partial charge on any atom is -0.379 e. The van der Waals surface area contributed by atoms with Gasteiger partial charge in [-0.3, -0.25) is 14.4 Å². The number of benzene rings is 2. The molecule has 42 heavy (non-hydrogen) atoms. The Morgan fingerprint density at radius 1 is 1.14 bits per heavy atom. The van der Waals surface area contributed by atoms with Crippen molar-refractivity contribution in [3.05, 3.63) is 58.7 Å². The molecule has 3 N–H and O–H groups in total. The van der Waals surface area contributed by atoms with Gasteiger partial charge in [-0.2, -0.15) is 13.2 Å². The molecule has 1 fully saturated rings. The minimum absolute atomic E-state index is 0.00763. The predicted octanol–water partition coefficient (Wildman–Crippen LogP) is 4.09. The largest absolute Gasteiger partial charge is 0.451 e. The average Bonchev–Trinajstić information content (AvgIpc) is 2.91. The number of amides is 1. The number of anilines is 2. The number of nitrogens with one attached hydrogen (secondary N) is 3. The monoisotopic (exact) mass is 612 g/mol. The van der Waals surface area contributed by atoms with Crippen LogP contribution < -0.4 is 15.4 Å². The summed E-state index contributed by atoms with van der Waals surface area (Å²) in [6.07, 6.45) is -3.17. The Bertz CT molecular complexity index is 1560. The molecule has 0 aliphatic carbocycles. The second kappa shape index (κ2) is 12.8. The highest BCUT2D eigenvalue weighted by molar-refractivity contribution is 7.92. The van der Waals surface area contributed by atoms with Crippen molar-refractivity contribution in [2.45, 2.75) is 32.5 Å². The normalized spacial score (nSPS) is 15.4. The van der Waals surface area contributed by atoms with Gasteiger partial charge >= 0.3 is 6.18 Å². The number of ether oxygens (including phenoxy) is 1. The highest BCUT2D eigenvalue weighted by Gasteiger charge is 2.35. The zero-order valence-corrected chi connectivity index (χ0v) is 24.1. The van der Waals surface area contributed by atoms with E-state index in [-0.39, 0.29) is 33.5 Å². The Kier molecular flexibility index (Phi) is 9.53. The van der Waals surface area contributed by atoms with E-state index >= 15 is 0 Å². The number of nitrogens with zero attached hydrogens (tertiary/aromatic N) is 3. The van der Waals surface area contributed by atoms with Crippen molar-refractivity contribution in [3.63, 3.8) is 0 Å². The first-order valence-electron chi connectivity index (χ1n) is 13.2. The number of sulfonamides is 1. The molecule has 0 spiro atoms. The van der Waals surface area contributed by atoms with E-state index in [1.807, 2.05) is 0 Å². The lowest BCUT2D eigenvalue weighted by Crippen LogP contribution is -2.37. The van der Waals surface area contributed by atoms with E-state index in [1.165, 1.54) is 24.3 Å². The number of hydrogen-bond donors (Lipinski definition) is 3. The molecule has 2 heterocycles. The van der Waals surface area contributed by atoms with Crippen molar-refractivity contribution in [1.29, 1.82) is 0 Å². The van der Waals surface area contributed by atoms with Gasteiger partial charge < -0.3 is 15.4 Å². The van der Waals surface area contributed by atoms with Crippen LogP contribution in [-0.4, -0.2) is 74.8 Å². The second-order valence-electron chi connectivity index (χ2n) is 10.1. The number of fused-ring (bicyclic) bond motifs is 1. The predicted molar refractivity (Wildman–Crippen MR) is 150 cm³/mol. The third-order valence-electron chi connectivity index (χ3n) is 6.71. The van der Waals surface area contributed by atoms with Crippen LogP contribution in [0.1, 0.15) is 46.7 Å².